The van der Waals surface area contributed by atoms with Crippen LogP contribution < -0.4 is 4.74 Å². The molecule has 4 N–H and O–H groups in total. The van der Waals surface area contributed by atoms with Crippen LogP contribution in [0.25, 0.3) is 11.3 Å². The molecule has 1 fully saturated rings. The van der Waals surface area contributed by atoms with Crippen LogP contribution in [0.15, 0.2) is 36.7 Å². The van der Waals surface area contributed by atoms with Crippen molar-refractivity contribution in [3.05, 3.63) is 41.8 Å². The Kier molecular flexibility index (Phi) is 5.63. The molecule has 146 valence electrons. The summed E-state index contributed by atoms with van der Waals surface area (Å²) in [4.78, 5) is 8.07. The fourth-order valence-corrected chi connectivity index (χ4v) is 3.46. The van der Waals surface area contributed by atoms with E-state index in [0.717, 1.165) is 0 Å². The zero-order valence-corrected chi connectivity index (χ0v) is 15.0. The van der Waals surface area contributed by atoms with E-state index in [2.05, 4.69) is 9.97 Å². The average Bonchev–Trinajstić information content (AvgIpc) is 2.62. The number of rotatable bonds is 4. The predicted molar refractivity (Wildman–Crippen MR) is 91.3 cm³/mol. The van der Waals surface area contributed by atoms with Crippen LogP contribution in [-0.2, 0) is 14.9 Å². The molecule has 10 nitrogen and oxygen atoms in total. The lowest BCUT2D eigenvalue weighted by molar-refractivity contribution is -0.254. The number of ether oxygens (including phenoxy) is 2. The van der Waals surface area contributed by atoms with Crippen LogP contribution in [0.1, 0.15) is 0 Å². The molecule has 2 aromatic rings. The topological polar surface area (TPSA) is 159 Å². The fraction of sp³-hybridized carbons (Fsp3) is 0.333. The second-order valence-electron chi connectivity index (χ2n) is 5.70. The molecule has 0 spiro atoms. The normalized spacial score (nSPS) is 28.7. The fourth-order valence-electron chi connectivity index (χ4n) is 2.48. The Bertz CT molecular complexity index is 910. The molecule has 3 heterocycles. The molecule has 1 saturated heterocycles. The molecule has 12 heteroatoms. The summed E-state index contributed by atoms with van der Waals surface area (Å²) < 4.78 is 41.8. The van der Waals surface area contributed by atoms with Gasteiger partial charge >= 0.3 is 0 Å². The zero-order valence-electron chi connectivity index (χ0n) is 13.5. The van der Waals surface area contributed by atoms with E-state index in [-0.39, 0.29) is 10.9 Å². The van der Waals surface area contributed by atoms with Crippen molar-refractivity contribution in [2.75, 3.05) is 0 Å². The summed E-state index contributed by atoms with van der Waals surface area (Å²) in [6.45, 7) is 0. The highest BCUT2D eigenvalue weighted by Crippen LogP contribution is 2.28. The van der Waals surface area contributed by atoms with Crippen LogP contribution in [0, 0.1) is 0 Å². The van der Waals surface area contributed by atoms with Gasteiger partial charge in [-0.3, -0.25) is 9.54 Å². The van der Waals surface area contributed by atoms with Gasteiger partial charge in [0.1, 0.15) is 29.2 Å². The van der Waals surface area contributed by atoms with Gasteiger partial charge in [0.2, 0.25) is 11.7 Å². The monoisotopic (exact) mass is 418 g/mol. The second-order valence-corrected chi connectivity index (χ2v) is 7.55. The quantitative estimate of drug-likeness (QED) is 0.387. The molecule has 0 aliphatic carbocycles. The van der Waals surface area contributed by atoms with Crippen molar-refractivity contribution in [3.8, 4) is 17.0 Å². The van der Waals surface area contributed by atoms with Gasteiger partial charge in [0.05, 0.1) is 11.9 Å². The lowest BCUT2D eigenvalue weighted by Gasteiger charge is -2.38. The van der Waals surface area contributed by atoms with Crippen LogP contribution in [0.4, 0.5) is 0 Å². The number of aromatic nitrogens is 2. The largest absolute Gasteiger partial charge is 0.460 e. The summed E-state index contributed by atoms with van der Waals surface area (Å²) in [5.41, 5.74) is -1.12. The van der Waals surface area contributed by atoms with Crippen LogP contribution in [-0.4, -0.2) is 68.3 Å². The smallest absolute Gasteiger partial charge is 0.295 e. The lowest BCUT2D eigenvalue weighted by Crippen LogP contribution is -2.61. The van der Waals surface area contributed by atoms with E-state index >= 15 is 0 Å². The molecule has 0 aromatic carbocycles. The molecule has 3 rings (SSSR count). The zero-order chi connectivity index (χ0) is 19.8. The number of pyridine rings is 2. The molecular formula is C15H15ClN2O8S. The van der Waals surface area contributed by atoms with E-state index < -0.39 is 40.2 Å². The number of hydrogen-bond donors (Lipinski definition) is 4. The highest BCUT2D eigenvalue weighted by atomic mass is 35.5. The Hall–Kier alpha value is -1.86. The van der Waals surface area contributed by atoms with Crippen molar-refractivity contribution in [3.63, 3.8) is 0 Å². The first-order chi connectivity index (χ1) is 12.7. The van der Waals surface area contributed by atoms with Crippen LogP contribution in [0.5, 0.6) is 5.75 Å². The number of halogens is 1. The third-order valence-electron chi connectivity index (χ3n) is 3.84. The molecule has 5 atom stereocenters. The van der Waals surface area contributed by atoms with Gasteiger partial charge in [-0.15, -0.1) is 0 Å². The third kappa shape index (κ3) is 4.19. The number of hydrogen-bond acceptors (Lipinski definition) is 9. The van der Waals surface area contributed by atoms with Gasteiger partial charge in [0.15, 0.2) is 0 Å². The maximum Gasteiger partial charge on any atom is 0.295 e. The molecule has 2 aromatic heterocycles. The summed E-state index contributed by atoms with van der Waals surface area (Å²) >= 11 is 5.99. The van der Waals surface area contributed by atoms with Gasteiger partial charge in [0, 0.05) is 11.8 Å². The van der Waals surface area contributed by atoms with Crippen molar-refractivity contribution in [2.24, 2.45) is 0 Å². The SMILES string of the molecule is O=S(=O)(O)C1O[C@@H](Oc2ccc(-c3cccnc3Cl)nc2)[C@H](O)[C@@H](O)[C@@H]1O. The van der Waals surface area contributed by atoms with E-state index in [1.807, 2.05) is 0 Å². The Labute approximate surface area is 158 Å². The van der Waals surface area contributed by atoms with E-state index in [9.17, 15) is 23.7 Å². The summed E-state index contributed by atoms with van der Waals surface area (Å²) in [6, 6.07) is 6.38. The molecule has 1 aliphatic rings. The van der Waals surface area contributed by atoms with E-state index in [1.54, 1.807) is 18.2 Å². The van der Waals surface area contributed by atoms with Crippen molar-refractivity contribution < 1.29 is 37.8 Å². The maximum atomic E-state index is 11.3. The van der Waals surface area contributed by atoms with Crippen molar-refractivity contribution >= 4 is 21.7 Å². The minimum atomic E-state index is -4.86. The molecule has 1 aliphatic heterocycles. The molecule has 0 amide bonds. The predicted octanol–water partition coefficient (Wildman–Crippen LogP) is -0.171. The summed E-state index contributed by atoms with van der Waals surface area (Å²) in [7, 11) is -4.86. The van der Waals surface area contributed by atoms with Crippen molar-refractivity contribution in [2.45, 2.75) is 30.0 Å². The van der Waals surface area contributed by atoms with E-state index in [4.69, 9.17) is 25.6 Å². The maximum absolute atomic E-state index is 11.3. The first-order valence-electron chi connectivity index (χ1n) is 7.58. The Morgan fingerprint density at radius 2 is 1.81 bits per heavy atom. The molecule has 0 saturated carbocycles. The summed E-state index contributed by atoms with van der Waals surface area (Å²) in [5.74, 6) is 0.0699. The van der Waals surface area contributed by atoms with Gasteiger partial charge in [-0.2, -0.15) is 8.42 Å². The molecule has 27 heavy (non-hydrogen) atoms. The van der Waals surface area contributed by atoms with Crippen LogP contribution in [0.2, 0.25) is 5.15 Å². The van der Waals surface area contributed by atoms with Crippen LogP contribution in [0.3, 0.4) is 0 Å². The highest BCUT2D eigenvalue weighted by Gasteiger charge is 2.50. The minimum absolute atomic E-state index is 0.0699. The first kappa shape index (κ1) is 19.9. The second kappa shape index (κ2) is 7.64. The van der Waals surface area contributed by atoms with Crippen LogP contribution >= 0.6 is 11.6 Å². The molecule has 0 bridgehead atoms. The molecular weight excluding hydrogens is 404 g/mol. The van der Waals surface area contributed by atoms with E-state index in [1.165, 1.54) is 18.5 Å². The molecule has 1 unspecified atom stereocenters. The Morgan fingerprint density at radius 1 is 1.07 bits per heavy atom. The average molecular weight is 419 g/mol. The number of nitrogens with zero attached hydrogens (tertiary/aromatic N) is 2. The highest BCUT2D eigenvalue weighted by molar-refractivity contribution is 7.86. The third-order valence-corrected chi connectivity index (χ3v) is 5.12. The van der Waals surface area contributed by atoms with Crippen molar-refractivity contribution in [1.29, 1.82) is 0 Å². The van der Waals surface area contributed by atoms with Gasteiger partial charge in [-0.05, 0) is 24.3 Å². The lowest BCUT2D eigenvalue weighted by atomic mass is 10.1. The summed E-state index contributed by atoms with van der Waals surface area (Å²) in [5, 5.41) is 29.6. The van der Waals surface area contributed by atoms with E-state index in [0.29, 0.717) is 11.3 Å². The number of aliphatic hydroxyl groups excluding tert-OH is 3. The first-order valence-corrected chi connectivity index (χ1v) is 9.46. The summed E-state index contributed by atoms with van der Waals surface area (Å²) in [6.07, 6.45) is -4.64. The van der Waals surface area contributed by atoms with Gasteiger partial charge in [-0.25, -0.2) is 4.98 Å². The molecule has 0 radical (unpaired) electrons. The number of aliphatic hydroxyl groups is 3. The van der Waals surface area contributed by atoms with Gasteiger partial charge in [0.25, 0.3) is 10.1 Å². The Balaban J connectivity index is 1.79. The standard InChI is InChI=1S/C15H15ClN2O8S/c16-13-8(2-1-5-17-13)9-4-3-7(6-18-9)25-14-11(20)10(19)12(21)15(26-14)27(22,23)24/h1-6,10-12,14-15,19-21H,(H,22,23,24)/t10-,11-,12+,14-,15?/m1/s1. The minimum Gasteiger partial charge on any atom is -0.460 e. The van der Waals surface area contributed by atoms with Gasteiger partial charge in [-0.1, -0.05) is 11.6 Å². The van der Waals surface area contributed by atoms with Crippen molar-refractivity contribution in [1.82, 2.24) is 9.97 Å². The Morgan fingerprint density at radius 3 is 2.41 bits per heavy atom. The van der Waals surface area contributed by atoms with Gasteiger partial charge < -0.3 is 24.8 Å².